The highest BCUT2D eigenvalue weighted by molar-refractivity contribution is 5.78. The van der Waals surface area contributed by atoms with E-state index in [1.165, 1.54) is 11.1 Å². The summed E-state index contributed by atoms with van der Waals surface area (Å²) in [6.07, 6.45) is 0.814. The summed E-state index contributed by atoms with van der Waals surface area (Å²) in [5, 5.41) is 0. The van der Waals surface area contributed by atoms with Gasteiger partial charge in [-0.25, -0.2) is 0 Å². The maximum absolute atomic E-state index is 11.3. The molecule has 94 valence electrons. The lowest BCUT2D eigenvalue weighted by molar-refractivity contribution is -0.120. The third-order valence-corrected chi connectivity index (χ3v) is 3.15. The van der Waals surface area contributed by atoms with Gasteiger partial charge in [0.2, 0.25) is 0 Å². The molecule has 1 aromatic carbocycles. The molecule has 0 heterocycles. The Morgan fingerprint density at radius 1 is 1.29 bits per heavy atom. The average Bonchev–Trinajstić information content (AvgIpc) is 2.25. The van der Waals surface area contributed by atoms with Gasteiger partial charge < -0.3 is 4.74 Å². The molecule has 1 atom stereocenters. The fourth-order valence-electron chi connectivity index (χ4n) is 1.85. The van der Waals surface area contributed by atoms with E-state index in [1.807, 2.05) is 20.8 Å². The Hall–Kier alpha value is -1.31. The summed E-state index contributed by atoms with van der Waals surface area (Å²) in [7, 11) is 0. The van der Waals surface area contributed by atoms with Crippen molar-refractivity contribution in [3.05, 3.63) is 28.8 Å². The number of aryl methyl sites for hydroxylation is 2. The van der Waals surface area contributed by atoms with Crippen molar-refractivity contribution in [2.24, 2.45) is 5.92 Å². The normalized spacial score (nSPS) is 12.3. The minimum atomic E-state index is 0.0889. The van der Waals surface area contributed by atoms with Gasteiger partial charge in [-0.3, -0.25) is 4.79 Å². The van der Waals surface area contributed by atoms with E-state index in [1.54, 1.807) is 6.92 Å². The molecular formula is C15H22O2. The zero-order valence-electron chi connectivity index (χ0n) is 11.5. The fourth-order valence-corrected chi connectivity index (χ4v) is 1.85. The number of ether oxygens (including phenoxy) is 1. The Kier molecular flexibility index (Phi) is 4.73. The number of benzene rings is 1. The molecule has 0 radical (unpaired) electrons. The predicted molar refractivity (Wildman–Crippen MR) is 70.6 cm³/mol. The number of rotatable bonds is 5. The van der Waals surface area contributed by atoms with Gasteiger partial charge in [0.1, 0.15) is 11.5 Å². The van der Waals surface area contributed by atoms with Crippen LogP contribution in [0.1, 0.15) is 37.5 Å². The van der Waals surface area contributed by atoms with Crippen LogP contribution in [-0.4, -0.2) is 12.4 Å². The van der Waals surface area contributed by atoms with Crippen LogP contribution in [0.15, 0.2) is 12.1 Å². The first-order valence-corrected chi connectivity index (χ1v) is 6.19. The topological polar surface area (TPSA) is 26.3 Å². The second-order valence-corrected chi connectivity index (χ2v) is 4.69. The third kappa shape index (κ3) is 3.58. The summed E-state index contributed by atoms with van der Waals surface area (Å²) in [5.74, 6) is 1.28. The van der Waals surface area contributed by atoms with Gasteiger partial charge in [0.15, 0.2) is 0 Å². The van der Waals surface area contributed by atoms with Crippen LogP contribution >= 0.6 is 0 Å². The van der Waals surface area contributed by atoms with Crippen molar-refractivity contribution in [1.82, 2.24) is 0 Å². The van der Waals surface area contributed by atoms with Crippen LogP contribution in [0, 0.1) is 19.8 Å². The lowest BCUT2D eigenvalue weighted by Gasteiger charge is -2.14. The molecule has 0 N–H and O–H groups in total. The molecule has 1 aromatic rings. The molecule has 2 heteroatoms. The van der Waals surface area contributed by atoms with Crippen molar-refractivity contribution >= 4 is 5.78 Å². The van der Waals surface area contributed by atoms with Gasteiger partial charge in [0, 0.05) is 5.92 Å². The van der Waals surface area contributed by atoms with E-state index in [0.717, 1.165) is 17.7 Å². The van der Waals surface area contributed by atoms with Crippen molar-refractivity contribution in [2.45, 2.75) is 41.0 Å². The molecule has 0 amide bonds. The smallest absolute Gasteiger partial charge is 0.132 e. The molecule has 0 bridgehead atoms. The SMILES string of the molecule is CCOc1cc(C)c(CC(C)C(C)=O)cc1C. The Balaban J connectivity index is 2.95. The molecule has 0 saturated carbocycles. The summed E-state index contributed by atoms with van der Waals surface area (Å²) in [4.78, 5) is 11.3. The van der Waals surface area contributed by atoms with Crippen LogP contribution in [0.2, 0.25) is 0 Å². The second kappa shape index (κ2) is 5.85. The molecular weight excluding hydrogens is 212 g/mol. The Labute approximate surface area is 104 Å². The predicted octanol–water partition coefficient (Wildman–Crippen LogP) is 3.47. The lowest BCUT2D eigenvalue weighted by atomic mass is 9.93. The number of hydrogen-bond acceptors (Lipinski definition) is 2. The highest BCUT2D eigenvalue weighted by Crippen LogP contribution is 2.24. The minimum Gasteiger partial charge on any atom is -0.494 e. The van der Waals surface area contributed by atoms with Crippen molar-refractivity contribution in [1.29, 1.82) is 0 Å². The largest absolute Gasteiger partial charge is 0.494 e. The van der Waals surface area contributed by atoms with E-state index in [-0.39, 0.29) is 11.7 Å². The Morgan fingerprint density at radius 2 is 1.94 bits per heavy atom. The lowest BCUT2D eigenvalue weighted by Crippen LogP contribution is -2.10. The second-order valence-electron chi connectivity index (χ2n) is 4.69. The van der Waals surface area contributed by atoms with Gasteiger partial charge in [0.05, 0.1) is 6.61 Å². The molecule has 1 rings (SSSR count). The van der Waals surface area contributed by atoms with Crippen molar-refractivity contribution in [3.63, 3.8) is 0 Å². The van der Waals surface area contributed by atoms with E-state index in [0.29, 0.717) is 6.61 Å². The first-order valence-electron chi connectivity index (χ1n) is 6.19. The summed E-state index contributed by atoms with van der Waals surface area (Å²) in [6, 6.07) is 4.21. The minimum absolute atomic E-state index is 0.0889. The van der Waals surface area contributed by atoms with E-state index < -0.39 is 0 Å². The fraction of sp³-hybridized carbons (Fsp3) is 0.533. The van der Waals surface area contributed by atoms with Crippen LogP contribution in [0.5, 0.6) is 5.75 Å². The first-order chi connectivity index (χ1) is 7.95. The number of carbonyl (C=O) groups excluding carboxylic acids is 1. The zero-order valence-corrected chi connectivity index (χ0v) is 11.5. The molecule has 0 fully saturated rings. The number of Topliss-reactive ketones (excluding diaryl/α,β-unsaturated/α-hetero) is 1. The maximum Gasteiger partial charge on any atom is 0.132 e. The Morgan fingerprint density at radius 3 is 2.47 bits per heavy atom. The van der Waals surface area contributed by atoms with Crippen molar-refractivity contribution in [3.8, 4) is 5.75 Å². The summed E-state index contributed by atoms with van der Waals surface area (Å²) in [5.41, 5.74) is 3.59. The Bertz CT molecular complexity index is 408. The van der Waals surface area contributed by atoms with Crippen molar-refractivity contribution in [2.75, 3.05) is 6.61 Å². The number of hydrogen-bond donors (Lipinski definition) is 0. The molecule has 0 aliphatic carbocycles. The van der Waals surface area contributed by atoms with E-state index in [9.17, 15) is 4.79 Å². The first kappa shape index (κ1) is 13.8. The maximum atomic E-state index is 11.3. The molecule has 1 unspecified atom stereocenters. The van der Waals surface area contributed by atoms with Crippen LogP contribution in [-0.2, 0) is 11.2 Å². The third-order valence-electron chi connectivity index (χ3n) is 3.15. The van der Waals surface area contributed by atoms with E-state index in [4.69, 9.17) is 4.74 Å². The number of ketones is 1. The van der Waals surface area contributed by atoms with Crippen LogP contribution < -0.4 is 4.74 Å². The molecule has 0 aliphatic rings. The average molecular weight is 234 g/mol. The van der Waals surface area contributed by atoms with Gasteiger partial charge in [0.25, 0.3) is 0 Å². The highest BCUT2D eigenvalue weighted by atomic mass is 16.5. The number of carbonyl (C=O) groups is 1. The molecule has 0 aliphatic heterocycles. The monoisotopic (exact) mass is 234 g/mol. The van der Waals surface area contributed by atoms with Crippen molar-refractivity contribution < 1.29 is 9.53 Å². The van der Waals surface area contributed by atoms with Gasteiger partial charge in [-0.2, -0.15) is 0 Å². The molecule has 17 heavy (non-hydrogen) atoms. The molecule has 0 aromatic heterocycles. The molecule has 0 saturated heterocycles. The molecule has 0 spiro atoms. The summed E-state index contributed by atoms with van der Waals surface area (Å²) >= 11 is 0. The summed E-state index contributed by atoms with van der Waals surface area (Å²) < 4.78 is 5.56. The van der Waals surface area contributed by atoms with Crippen LogP contribution in [0.3, 0.4) is 0 Å². The highest BCUT2D eigenvalue weighted by Gasteiger charge is 2.12. The van der Waals surface area contributed by atoms with E-state index >= 15 is 0 Å². The quantitative estimate of drug-likeness (QED) is 0.779. The van der Waals surface area contributed by atoms with E-state index in [2.05, 4.69) is 19.1 Å². The molecule has 2 nitrogen and oxygen atoms in total. The van der Waals surface area contributed by atoms with Gasteiger partial charge in [-0.1, -0.05) is 13.0 Å². The van der Waals surface area contributed by atoms with Gasteiger partial charge in [-0.05, 0) is 56.9 Å². The van der Waals surface area contributed by atoms with Gasteiger partial charge >= 0.3 is 0 Å². The summed E-state index contributed by atoms with van der Waals surface area (Å²) in [6.45, 7) is 10.4. The van der Waals surface area contributed by atoms with Crippen LogP contribution in [0.25, 0.3) is 0 Å². The standard InChI is InChI=1S/C15H22O2/c1-6-17-15-9-11(3)14(8-12(15)4)7-10(2)13(5)16/h8-10H,6-7H2,1-5H3. The van der Waals surface area contributed by atoms with Crippen LogP contribution in [0.4, 0.5) is 0 Å². The van der Waals surface area contributed by atoms with Gasteiger partial charge in [-0.15, -0.1) is 0 Å². The zero-order chi connectivity index (χ0) is 13.0.